The summed E-state index contributed by atoms with van der Waals surface area (Å²) in [5.41, 5.74) is -1.36. The maximum absolute atomic E-state index is 13.2. The minimum atomic E-state index is -4.50. The fraction of sp³-hybridized carbons (Fsp3) is 0.227. The Labute approximate surface area is 186 Å². The molecule has 4 rings (SSSR count). The van der Waals surface area contributed by atoms with Crippen molar-refractivity contribution in [2.75, 3.05) is 17.3 Å². The van der Waals surface area contributed by atoms with E-state index in [0.29, 0.717) is 24.3 Å². The van der Waals surface area contributed by atoms with Crippen LogP contribution in [0, 0.1) is 0 Å². The van der Waals surface area contributed by atoms with E-state index in [-0.39, 0.29) is 17.2 Å². The van der Waals surface area contributed by atoms with E-state index >= 15 is 0 Å². The molecule has 170 valence electrons. The lowest BCUT2D eigenvalue weighted by atomic mass is 10.1. The molecule has 1 fully saturated rings. The number of carbonyl (C=O) groups excluding carboxylic acids is 2. The number of carbonyl (C=O) groups is 2. The van der Waals surface area contributed by atoms with Gasteiger partial charge in [-0.05, 0) is 37.1 Å². The van der Waals surface area contributed by atoms with Crippen molar-refractivity contribution in [3.05, 3.63) is 72.4 Å². The average Bonchev–Trinajstić information content (AvgIpc) is 3.59. The molecule has 0 unspecified atom stereocenters. The van der Waals surface area contributed by atoms with E-state index in [2.05, 4.69) is 25.6 Å². The maximum atomic E-state index is 13.2. The quantitative estimate of drug-likeness (QED) is 0.589. The highest BCUT2D eigenvalue weighted by Gasteiger charge is 2.53. The van der Waals surface area contributed by atoms with Crippen LogP contribution in [-0.2, 0) is 11.0 Å². The second-order valence-corrected chi connectivity index (χ2v) is 7.60. The molecule has 0 bridgehead atoms. The van der Waals surface area contributed by atoms with E-state index < -0.39 is 23.2 Å². The molecule has 11 heteroatoms. The Kier molecular flexibility index (Phi) is 5.71. The van der Waals surface area contributed by atoms with Gasteiger partial charge in [-0.1, -0.05) is 12.1 Å². The van der Waals surface area contributed by atoms with Crippen LogP contribution in [0.2, 0.25) is 0 Å². The minimum Gasteiger partial charge on any atom is -0.354 e. The van der Waals surface area contributed by atoms with Crippen LogP contribution in [0.5, 0.6) is 0 Å². The number of rotatable bonds is 6. The van der Waals surface area contributed by atoms with Crippen molar-refractivity contribution in [3.8, 4) is 0 Å². The maximum Gasteiger partial charge on any atom is 0.418 e. The molecular formula is C22H19F3N6O2. The number of nitrogens with zero attached hydrogens (tertiary/aromatic N) is 4. The molecule has 0 aliphatic heterocycles. The third-order valence-electron chi connectivity index (χ3n) is 5.24. The summed E-state index contributed by atoms with van der Waals surface area (Å²) >= 11 is 0. The molecule has 3 aromatic rings. The molecule has 33 heavy (non-hydrogen) atoms. The number of pyridine rings is 1. The molecule has 0 radical (unpaired) electrons. The highest BCUT2D eigenvalue weighted by Crippen LogP contribution is 2.38. The summed E-state index contributed by atoms with van der Waals surface area (Å²) in [5.74, 6) is -0.507. The molecule has 1 aliphatic carbocycles. The smallest absolute Gasteiger partial charge is 0.354 e. The van der Waals surface area contributed by atoms with E-state index in [1.54, 1.807) is 0 Å². The van der Waals surface area contributed by atoms with Gasteiger partial charge in [-0.15, -0.1) is 0 Å². The fourth-order valence-corrected chi connectivity index (χ4v) is 3.30. The molecule has 1 aromatic carbocycles. The fourth-order valence-electron chi connectivity index (χ4n) is 3.30. The SMILES string of the molecule is CN(C(=O)C1(NC(=O)c2cncnc2)CC1)c1ccc(Nc2ccccc2C(F)(F)F)cn1. The van der Waals surface area contributed by atoms with E-state index in [0.717, 1.165) is 6.07 Å². The predicted octanol–water partition coefficient (Wildman–Crippen LogP) is 3.56. The van der Waals surface area contributed by atoms with Gasteiger partial charge < -0.3 is 10.6 Å². The van der Waals surface area contributed by atoms with Gasteiger partial charge in [-0.2, -0.15) is 13.2 Å². The average molecular weight is 456 g/mol. The second kappa shape index (κ2) is 8.49. The molecule has 2 aromatic heterocycles. The Balaban J connectivity index is 1.45. The number of hydrogen-bond donors (Lipinski definition) is 2. The lowest BCUT2D eigenvalue weighted by Crippen LogP contribution is -2.50. The van der Waals surface area contributed by atoms with Gasteiger partial charge in [-0.3, -0.25) is 14.5 Å². The Morgan fingerprint density at radius 2 is 1.73 bits per heavy atom. The van der Waals surface area contributed by atoms with Gasteiger partial charge in [0.25, 0.3) is 11.8 Å². The summed E-state index contributed by atoms with van der Waals surface area (Å²) in [5, 5.41) is 5.45. The van der Waals surface area contributed by atoms with Gasteiger partial charge in [0.2, 0.25) is 0 Å². The van der Waals surface area contributed by atoms with Gasteiger partial charge in [0.05, 0.1) is 28.7 Å². The zero-order chi connectivity index (χ0) is 23.6. The zero-order valence-electron chi connectivity index (χ0n) is 17.4. The van der Waals surface area contributed by atoms with Crippen LogP contribution in [-0.4, -0.2) is 39.4 Å². The predicted molar refractivity (Wildman–Crippen MR) is 114 cm³/mol. The van der Waals surface area contributed by atoms with Gasteiger partial charge in [0.1, 0.15) is 17.7 Å². The summed E-state index contributed by atoms with van der Waals surface area (Å²) in [6, 6.07) is 8.16. The molecule has 0 atom stereocenters. The van der Waals surface area contributed by atoms with E-state index in [4.69, 9.17) is 0 Å². The van der Waals surface area contributed by atoms with Crippen LogP contribution in [0.15, 0.2) is 61.3 Å². The monoisotopic (exact) mass is 456 g/mol. The highest BCUT2D eigenvalue weighted by molar-refractivity contribution is 6.06. The third-order valence-corrected chi connectivity index (χ3v) is 5.24. The van der Waals surface area contributed by atoms with Crippen molar-refractivity contribution in [3.63, 3.8) is 0 Å². The van der Waals surface area contributed by atoms with Crippen molar-refractivity contribution in [1.82, 2.24) is 20.3 Å². The zero-order valence-corrected chi connectivity index (χ0v) is 17.4. The molecule has 2 amide bonds. The summed E-state index contributed by atoms with van der Waals surface area (Å²) in [7, 11) is 1.52. The first-order chi connectivity index (χ1) is 15.7. The molecule has 8 nitrogen and oxygen atoms in total. The Hall–Kier alpha value is -4.02. The number of aromatic nitrogens is 3. The van der Waals surface area contributed by atoms with Crippen LogP contribution in [0.4, 0.5) is 30.4 Å². The molecule has 0 spiro atoms. The Morgan fingerprint density at radius 1 is 1.03 bits per heavy atom. The molecule has 2 heterocycles. The normalized spacial score (nSPS) is 14.3. The second-order valence-electron chi connectivity index (χ2n) is 7.60. The van der Waals surface area contributed by atoms with Crippen molar-refractivity contribution in [2.24, 2.45) is 0 Å². The highest BCUT2D eigenvalue weighted by atomic mass is 19.4. The number of likely N-dealkylation sites (N-methyl/N-ethyl adjacent to an activating group) is 1. The number of halogens is 3. The van der Waals surface area contributed by atoms with Crippen molar-refractivity contribution < 1.29 is 22.8 Å². The van der Waals surface area contributed by atoms with Gasteiger partial charge >= 0.3 is 6.18 Å². The Bertz CT molecular complexity index is 1160. The molecular weight excluding hydrogens is 437 g/mol. The first-order valence-corrected chi connectivity index (χ1v) is 9.95. The number of para-hydroxylation sites is 1. The van der Waals surface area contributed by atoms with Crippen LogP contribution in [0.25, 0.3) is 0 Å². The van der Waals surface area contributed by atoms with Crippen LogP contribution < -0.4 is 15.5 Å². The summed E-state index contributed by atoms with van der Waals surface area (Å²) in [6.45, 7) is 0. The van der Waals surface area contributed by atoms with Crippen molar-refractivity contribution in [2.45, 2.75) is 24.6 Å². The first-order valence-electron chi connectivity index (χ1n) is 9.95. The lowest BCUT2D eigenvalue weighted by Gasteiger charge is -2.24. The van der Waals surface area contributed by atoms with Crippen LogP contribution >= 0.6 is 0 Å². The number of alkyl halides is 3. The standard InChI is InChI=1S/C22H19F3N6O2/c1-31(20(33)21(8-9-21)30-19(32)14-10-26-13-27-11-14)18-7-6-15(12-28-18)29-17-5-3-2-4-16(17)22(23,24)25/h2-7,10-13,29H,8-9H2,1H3,(H,30,32). The van der Waals surface area contributed by atoms with E-state index in [9.17, 15) is 22.8 Å². The van der Waals surface area contributed by atoms with Crippen LogP contribution in [0.1, 0.15) is 28.8 Å². The number of anilines is 3. The molecule has 2 N–H and O–H groups in total. The number of amides is 2. The van der Waals surface area contributed by atoms with Gasteiger partial charge in [0.15, 0.2) is 0 Å². The lowest BCUT2D eigenvalue weighted by molar-refractivity contribution is -0.137. The molecule has 1 aliphatic rings. The van der Waals surface area contributed by atoms with Crippen molar-refractivity contribution >= 4 is 29.0 Å². The van der Waals surface area contributed by atoms with Crippen LogP contribution in [0.3, 0.4) is 0 Å². The number of benzene rings is 1. The summed E-state index contributed by atoms with van der Waals surface area (Å²) in [4.78, 5) is 38.5. The summed E-state index contributed by atoms with van der Waals surface area (Å²) < 4.78 is 39.6. The topological polar surface area (TPSA) is 100 Å². The van der Waals surface area contributed by atoms with E-state index in [1.165, 1.54) is 67.2 Å². The summed E-state index contributed by atoms with van der Waals surface area (Å²) in [6.07, 6.45) is 1.80. The Morgan fingerprint density at radius 3 is 2.33 bits per heavy atom. The number of hydrogen-bond acceptors (Lipinski definition) is 6. The molecule has 1 saturated carbocycles. The number of nitrogens with one attached hydrogen (secondary N) is 2. The van der Waals surface area contributed by atoms with Gasteiger partial charge in [0, 0.05) is 19.4 Å². The van der Waals surface area contributed by atoms with Gasteiger partial charge in [-0.25, -0.2) is 15.0 Å². The van der Waals surface area contributed by atoms with Crippen molar-refractivity contribution in [1.29, 1.82) is 0 Å². The minimum absolute atomic E-state index is 0.103. The molecule has 0 saturated heterocycles. The first kappa shape index (κ1) is 22.2. The van der Waals surface area contributed by atoms with E-state index in [1.807, 2.05) is 0 Å². The largest absolute Gasteiger partial charge is 0.418 e. The third kappa shape index (κ3) is 4.76.